The molecular weight excluding hydrogens is 338 g/mol. The lowest BCUT2D eigenvalue weighted by molar-refractivity contribution is -0.129. The number of nitrogens with zero attached hydrogens (tertiary/aromatic N) is 4. The van der Waals surface area contributed by atoms with Gasteiger partial charge in [-0.25, -0.2) is 9.78 Å². The molecule has 138 valence electrons. The quantitative estimate of drug-likeness (QED) is 0.783. The molecule has 2 aromatic rings. The average Bonchev–Trinajstić information content (AvgIpc) is 3.18. The highest BCUT2D eigenvalue weighted by Crippen LogP contribution is 2.09. The summed E-state index contributed by atoms with van der Waals surface area (Å²) >= 11 is 0. The van der Waals surface area contributed by atoms with Gasteiger partial charge in [-0.3, -0.25) is 23.5 Å². The van der Waals surface area contributed by atoms with Crippen LogP contribution in [-0.2, 0) is 18.9 Å². The number of carbonyl (C=O) groups excluding carboxylic acids is 2. The maximum Gasteiger partial charge on any atom is 0.332 e. The van der Waals surface area contributed by atoms with Crippen molar-refractivity contribution in [2.75, 3.05) is 19.6 Å². The molecule has 0 aliphatic carbocycles. The summed E-state index contributed by atoms with van der Waals surface area (Å²) in [5.41, 5.74) is -0.553. The number of rotatable bonds is 4. The molecule has 2 aromatic heterocycles. The molecule has 0 radical (unpaired) electrons. The van der Waals surface area contributed by atoms with Gasteiger partial charge in [0.15, 0.2) is 0 Å². The van der Waals surface area contributed by atoms with E-state index < -0.39 is 17.2 Å². The van der Waals surface area contributed by atoms with Crippen molar-refractivity contribution in [3.63, 3.8) is 0 Å². The molecule has 0 unspecified atom stereocenters. The molecule has 1 fully saturated rings. The summed E-state index contributed by atoms with van der Waals surface area (Å²) in [6.45, 7) is 1.78. The Morgan fingerprint density at radius 3 is 2.54 bits per heavy atom. The van der Waals surface area contributed by atoms with Gasteiger partial charge in [-0.1, -0.05) is 0 Å². The Hall–Kier alpha value is -2.97. The summed E-state index contributed by atoms with van der Waals surface area (Å²) in [6, 6.07) is 1.42. The third-order valence-corrected chi connectivity index (χ3v) is 4.64. The second-order valence-corrected chi connectivity index (χ2v) is 6.39. The molecule has 0 saturated carbocycles. The molecule has 2 amide bonds. The molecule has 1 aliphatic heterocycles. The van der Waals surface area contributed by atoms with Gasteiger partial charge in [-0.15, -0.1) is 0 Å². The topological polar surface area (TPSA) is 106 Å². The molecule has 0 atom stereocenters. The lowest BCUT2D eigenvalue weighted by Gasteiger charge is -2.15. The maximum atomic E-state index is 12.3. The summed E-state index contributed by atoms with van der Waals surface area (Å²) in [4.78, 5) is 54.3. The standard InChI is InChI=1S/C17H21N5O4/c1-20-14-12(16(25)21(2)17(20)26)9-11(10-19-14)15(24)18-6-5-13(23)22-7-3-4-8-22/h9-10H,3-8H2,1-2H3,(H,18,24). The third-order valence-electron chi connectivity index (χ3n) is 4.64. The van der Waals surface area contributed by atoms with E-state index in [9.17, 15) is 19.2 Å². The molecule has 1 saturated heterocycles. The monoisotopic (exact) mass is 359 g/mol. The van der Waals surface area contributed by atoms with Gasteiger partial charge in [0.25, 0.3) is 11.5 Å². The Balaban J connectivity index is 1.73. The molecule has 3 rings (SSSR count). The van der Waals surface area contributed by atoms with E-state index in [1.165, 1.54) is 30.9 Å². The highest BCUT2D eigenvalue weighted by Gasteiger charge is 2.18. The molecule has 0 aromatic carbocycles. The number of pyridine rings is 1. The second kappa shape index (κ2) is 7.11. The molecule has 3 heterocycles. The Labute approximate surface area is 149 Å². The first kappa shape index (κ1) is 17.8. The van der Waals surface area contributed by atoms with Crippen molar-refractivity contribution in [2.45, 2.75) is 19.3 Å². The van der Waals surface area contributed by atoms with Crippen LogP contribution < -0.4 is 16.6 Å². The molecule has 0 bridgehead atoms. The highest BCUT2D eigenvalue weighted by atomic mass is 16.2. The van der Waals surface area contributed by atoms with Crippen molar-refractivity contribution >= 4 is 22.8 Å². The number of carbonyl (C=O) groups is 2. The minimum Gasteiger partial charge on any atom is -0.351 e. The smallest absolute Gasteiger partial charge is 0.332 e. The van der Waals surface area contributed by atoms with Crippen molar-refractivity contribution in [1.82, 2.24) is 24.3 Å². The van der Waals surface area contributed by atoms with E-state index in [0.717, 1.165) is 30.5 Å². The van der Waals surface area contributed by atoms with E-state index in [0.29, 0.717) is 0 Å². The normalized spacial score (nSPS) is 14.0. The van der Waals surface area contributed by atoms with Crippen LogP contribution in [0.5, 0.6) is 0 Å². The largest absolute Gasteiger partial charge is 0.351 e. The van der Waals surface area contributed by atoms with Crippen LogP contribution in [0.3, 0.4) is 0 Å². The summed E-state index contributed by atoms with van der Waals surface area (Å²) in [5, 5.41) is 2.86. The third kappa shape index (κ3) is 3.24. The number of hydrogen-bond acceptors (Lipinski definition) is 5. The SMILES string of the molecule is Cn1c(=O)c2cc(C(=O)NCCC(=O)N3CCCC3)cnc2n(C)c1=O. The summed E-state index contributed by atoms with van der Waals surface area (Å²) < 4.78 is 2.23. The highest BCUT2D eigenvalue weighted by molar-refractivity contribution is 5.96. The fourth-order valence-corrected chi connectivity index (χ4v) is 3.10. The van der Waals surface area contributed by atoms with E-state index in [1.54, 1.807) is 4.90 Å². The summed E-state index contributed by atoms with van der Waals surface area (Å²) in [7, 11) is 2.89. The van der Waals surface area contributed by atoms with E-state index in [1.807, 2.05) is 0 Å². The zero-order chi connectivity index (χ0) is 18.8. The van der Waals surface area contributed by atoms with Crippen LogP contribution in [-0.4, -0.2) is 50.5 Å². The van der Waals surface area contributed by atoms with E-state index in [4.69, 9.17) is 0 Å². The fraction of sp³-hybridized carbons (Fsp3) is 0.471. The number of amides is 2. The first-order valence-corrected chi connectivity index (χ1v) is 8.52. The van der Waals surface area contributed by atoms with Crippen LogP contribution in [0.25, 0.3) is 11.0 Å². The van der Waals surface area contributed by atoms with Crippen LogP contribution in [0.2, 0.25) is 0 Å². The van der Waals surface area contributed by atoms with Crippen LogP contribution in [0.1, 0.15) is 29.6 Å². The Kier molecular flexibility index (Phi) is 4.88. The molecule has 9 heteroatoms. The van der Waals surface area contributed by atoms with Gasteiger partial charge in [0.2, 0.25) is 5.91 Å². The van der Waals surface area contributed by atoms with Crippen molar-refractivity contribution in [2.24, 2.45) is 14.1 Å². The molecular formula is C17H21N5O4. The van der Waals surface area contributed by atoms with Gasteiger partial charge in [-0.2, -0.15) is 0 Å². The van der Waals surface area contributed by atoms with E-state index in [2.05, 4.69) is 10.3 Å². The summed E-state index contributed by atoms with van der Waals surface area (Å²) in [6.07, 6.45) is 3.61. The lowest BCUT2D eigenvalue weighted by atomic mass is 10.2. The Morgan fingerprint density at radius 1 is 1.15 bits per heavy atom. The van der Waals surface area contributed by atoms with Gasteiger partial charge in [0.05, 0.1) is 10.9 Å². The van der Waals surface area contributed by atoms with E-state index in [-0.39, 0.29) is 35.5 Å². The minimum absolute atomic E-state index is 0.0308. The van der Waals surface area contributed by atoms with Gasteiger partial charge in [0, 0.05) is 46.3 Å². The second-order valence-electron chi connectivity index (χ2n) is 6.39. The zero-order valence-electron chi connectivity index (χ0n) is 14.8. The van der Waals surface area contributed by atoms with Gasteiger partial charge < -0.3 is 10.2 Å². The first-order chi connectivity index (χ1) is 12.4. The Morgan fingerprint density at radius 2 is 1.85 bits per heavy atom. The number of nitrogens with one attached hydrogen (secondary N) is 1. The molecule has 26 heavy (non-hydrogen) atoms. The van der Waals surface area contributed by atoms with Gasteiger partial charge >= 0.3 is 5.69 Å². The first-order valence-electron chi connectivity index (χ1n) is 8.52. The molecule has 1 N–H and O–H groups in total. The van der Waals surface area contributed by atoms with Crippen LogP contribution in [0.15, 0.2) is 21.9 Å². The predicted molar refractivity (Wildman–Crippen MR) is 95.0 cm³/mol. The van der Waals surface area contributed by atoms with E-state index >= 15 is 0 Å². The lowest BCUT2D eigenvalue weighted by Crippen LogP contribution is -2.37. The number of likely N-dealkylation sites (tertiary alicyclic amines) is 1. The van der Waals surface area contributed by atoms with Crippen LogP contribution >= 0.6 is 0 Å². The van der Waals surface area contributed by atoms with Crippen LogP contribution in [0.4, 0.5) is 0 Å². The average molecular weight is 359 g/mol. The number of fused-ring (bicyclic) bond motifs is 1. The van der Waals surface area contributed by atoms with Gasteiger partial charge in [-0.05, 0) is 18.9 Å². The molecule has 0 spiro atoms. The zero-order valence-corrected chi connectivity index (χ0v) is 14.8. The number of aromatic nitrogens is 3. The number of hydrogen-bond donors (Lipinski definition) is 1. The molecule has 1 aliphatic rings. The Bertz CT molecular complexity index is 985. The molecule has 9 nitrogen and oxygen atoms in total. The fourth-order valence-electron chi connectivity index (χ4n) is 3.10. The maximum absolute atomic E-state index is 12.3. The van der Waals surface area contributed by atoms with Crippen LogP contribution in [0, 0.1) is 0 Å². The predicted octanol–water partition coefficient (Wildman–Crippen LogP) is -0.625. The van der Waals surface area contributed by atoms with Crippen molar-refractivity contribution in [3.8, 4) is 0 Å². The van der Waals surface area contributed by atoms with Gasteiger partial charge in [0.1, 0.15) is 5.65 Å². The van der Waals surface area contributed by atoms with Crippen molar-refractivity contribution < 1.29 is 9.59 Å². The summed E-state index contributed by atoms with van der Waals surface area (Å²) in [5.74, 6) is -0.382. The van der Waals surface area contributed by atoms with Crippen molar-refractivity contribution in [1.29, 1.82) is 0 Å². The number of aryl methyl sites for hydroxylation is 1. The minimum atomic E-state index is -0.505. The van der Waals surface area contributed by atoms with Crippen molar-refractivity contribution in [3.05, 3.63) is 38.7 Å².